The van der Waals surface area contributed by atoms with Gasteiger partial charge in [-0.15, -0.1) is 0 Å². The van der Waals surface area contributed by atoms with Crippen molar-refractivity contribution < 1.29 is 22.8 Å². The first-order valence-corrected chi connectivity index (χ1v) is 12.0. The van der Waals surface area contributed by atoms with Gasteiger partial charge in [-0.25, -0.2) is 8.42 Å². The minimum absolute atomic E-state index is 0.145. The second kappa shape index (κ2) is 9.11. The number of anilines is 3. The van der Waals surface area contributed by atoms with E-state index < -0.39 is 34.3 Å². The van der Waals surface area contributed by atoms with E-state index in [4.69, 9.17) is 0 Å². The molecule has 4 rings (SSSR count). The first-order valence-electron chi connectivity index (χ1n) is 10.6. The number of hydrogen-bond acceptors (Lipinski definition) is 5. The fourth-order valence-corrected chi connectivity index (χ4v) is 5.43. The fourth-order valence-electron chi connectivity index (χ4n) is 3.75. The van der Waals surface area contributed by atoms with E-state index in [0.29, 0.717) is 11.4 Å². The number of hydrogen-bond donors (Lipinski definition) is 2. The van der Waals surface area contributed by atoms with Gasteiger partial charge < -0.3 is 10.6 Å². The number of benzene rings is 3. The summed E-state index contributed by atoms with van der Waals surface area (Å²) >= 11 is 0. The third-order valence-corrected chi connectivity index (χ3v) is 7.32. The molecule has 1 atom stereocenters. The van der Waals surface area contributed by atoms with E-state index in [-0.39, 0.29) is 21.9 Å². The molecular weight excluding hydrogens is 454 g/mol. The van der Waals surface area contributed by atoms with Crippen LogP contribution in [-0.2, 0) is 19.6 Å². The molecule has 2 amide bonds. The molecule has 8 nitrogen and oxygen atoms in total. The Morgan fingerprint density at radius 3 is 2.41 bits per heavy atom. The normalized spacial score (nSPS) is 15.3. The first-order chi connectivity index (χ1) is 16.2. The van der Waals surface area contributed by atoms with Crippen LogP contribution in [0.4, 0.5) is 17.1 Å². The van der Waals surface area contributed by atoms with Crippen LogP contribution in [0.2, 0.25) is 0 Å². The lowest BCUT2D eigenvalue weighted by Crippen LogP contribution is -2.52. The van der Waals surface area contributed by atoms with Gasteiger partial charge in [0.05, 0.1) is 22.7 Å². The van der Waals surface area contributed by atoms with Crippen LogP contribution in [0, 0.1) is 6.92 Å². The summed E-state index contributed by atoms with van der Waals surface area (Å²) in [6.07, 6.45) is -0.403. The number of carbonyl (C=O) groups excluding carboxylic acids is 3. The molecule has 3 aromatic rings. The Bertz CT molecular complexity index is 1380. The summed E-state index contributed by atoms with van der Waals surface area (Å²) in [7, 11) is -4.30. The molecule has 34 heavy (non-hydrogen) atoms. The summed E-state index contributed by atoms with van der Waals surface area (Å²) < 4.78 is 28.5. The highest BCUT2D eigenvalue weighted by molar-refractivity contribution is 7.93. The van der Waals surface area contributed by atoms with Crippen molar-refractivity contribution in [3.05, 3.63) is 83.9 Å². The van der Waals surface area contributed by atoms with Crippen molar-refractivity contribution in [1.29, 1.82) is 0 Å². The molecule has 0 bridgehead atoms. The predicted octanol–water partition coefficient (Wildman–Crippen LogP) is 3.74. The van der Waals surface area contributed by atoms with E-state index in [9.17, 15) is 22.8 Å². The summed E-state index contributed by atoms with van der Waals surface area (Å²) in [6.45, 7) is 3.26. The SMILES string of the molecule is CC(=O)c1cccc(S(=O)(=O)N2c3ccccc3NC(=O)[C@@H]2CC(=O)Nc2ccc(C)cc2)c1. The van der Waals surface area contributed by atoms with Crippen LogP contribution in [0.15, 0.2) is 77.7 Å². The van der Waals surface area contributed by atoms with Crippen molar-refractivity contribution >= 4 is 44.7 Å². The van der Waals surface area contributed by atoms with E-state index in [1.165, 1.54) is 31.2 Å². The number of Topliss-reactive ketones (excluding diaryl/α,β-unsaturated/α-hetero) is 1. The van der Waals surface area contributed by atoms with E-state index in [0.717, 1.165) is 9.87 Å². The van der Waals surface area contributed by atoms with Gasteiger partial charge >= 0.3 is 0 Å². The van der Waals surface area contributed by atoms with Crippen molar-refractivity contribution in [2.75, 3.05) is 14.9 Å². The van der Waals surface area contributed by atoms with Crippen molar-refractivity contribution in [3.8, 4) is 0 Å². The third kappa shape index (κ3) is 4.55. The summed E-state index contributed by atoms with van der Waals surface area (Å²) in [4.78, 5) is 37.5. The van der Waals surface area contributed by atoms with Gasteiger partial charge in [0.1, 0.15) is 6.04 Å². The maximum Gasteiger partial charge on any atom is 0.265 e. The minimum atomic E-state index is -4.30. The summed E-state index contributed by atoms with van der Waals surface area (Å²) in [5.41, 5.74) is 2.34. The van der Waals surface area contributed by atoms with Crippen LogP contribution < -0.4 is 14.9 Å². The van der Waals surface area contributed by atoms with Crippen LogP contribution in [0.5, 0.6) is 0 Å². The molecule has 0 radical (unpaired) electrons. The van der Waals surface area contributed by atoms with Gasteiger partial charge in [-0.05, 0) is 50.2 Å². The molecule has 9 heteroatoms. The van der Waals surface area contributed by atoms with Crippen molar-refractivity contribution in [3.63, 3.8) is 0 Å². The maximum absolute atomic E-state index is 13.8. The van der Waals surface area contributed by atoms with Crippen molar-refractivity contribution in [2.45, 2.75) is 31.2 Å². The van der Waals surface area contributed by atoms with Crippen LogP contribution >= 0.6 is 0 Å². The molecule has 174 valence electrons. The minimum Gasteiger partial charge on any atom is -0.326 e. The lowest BCUT2D eigenvalue weighted by molar-refractivity contribution is -0.122. The van der Waals surface area contributed by atoms with Gasteiger partial charge in [0, 0.05) is 11.3 Å². The van der Waals surface area contributed by atoms with Gasteiger partial charge in [0.15, 0.2) is 5.78 Å². The van der Waals surface area contributed by atoms with Gasteiger partial charge in [0.25, 0.3) is 10.0 Å². The summed E-state index contributed by atoms with van der Waals surface area (Å²) in [6, 6.07) is 17.9. The van der Waals surface area contributed by atoms with E-state index in [2.05, 4.69) is 10.6 Å². The van der Waals surface area contributed by atoms with Gasteiger partial charge in [0.2, 0.25) is 11.8 Å². The average molecular weight is 478 g/mol. The molecule has 0 spiro atoms. The number of carbonyl (C=O) groups is 3. The molecule has 0 aliphatic carbocycles. The molecule has 1 aliphatic rings. The number of aryl methyl sites for hydroxylation is 1. The monoisotopic (exact) mass is 477 g/mol. The maximum atomic E-state index is 13.8. The molecule has 0 unspecified atom stereocenters. The quantitative estimate of drug-likeness (QED) is 0.525. The molecule has 2 N–H and O–H groups in total. The fraction of sp³-hybridized carbons (Fsp3) is 0.160. The molecule has 0 saturated heterocycles. The summed E-state index contributed by atoms with van der Waals surface area (Å²) in [5, 5.41) is 5.40. The number of fused-ring (bicyclic) bond motifs is 1. The highest BCUT2D eigenvalue weighted by atomic mass is 32.2. The topological polar surface area (TPSA) is 113 Å². The zero-order chi connectivity index (χ0) is 24.5. The summed E-state index contributed by atoms with van der Waals surface area (Å²) in [5.74, 6) is -1.42. The molecule has 0 saturated carbocycles. The van der Waals surface area contributed by atoms with E-state index in [1.807, 2.05) is 19.1 Å². The van der Waals surface area contributed by atoms with Gasteiger partial charge in [-0.2, -0.15) is 0 Å². The lowest BCUT2D eigenvalue weighted by Gasteiger charge is -2.36. The van der Waals surface area contributed by atoms with E-state index in [1.54, 1.807) is 36.4 Å². The predicted molar refractivity (Wildman–Crippen MR) is 129 cm³/mol. The molecular formula is C25H23N3O5S. The lowest BCUT2D eigenvalue weighted by atomic mass is 10.1. The van der Waals surface area contributed by atoms with Crippen LogP contribution in [-0.4, -0.2) is 32.1 Å². The van der Waals surface area contributed by atoms with Crippen LogP contribution in [0.1, 0.15) is 29.3 Å². The Kier molecular flexibility index (Phi) is 6.21. The number of nitrogens with zero attached hydrogens (tertiary/aromatic N) is 1. The molecule has 0 aromatic heterocycles. The zero-order valence-electron chi connectivity index (χ0n) is 18.6. The number of ketones is 1. The second-order valence-corrected chi connectivity index (χ2v) is 9.84. The van der Waals surface area contributed by atoms with Gasteiger partial charge in [-0.1, -0.05) is 42.0 Å². The second-order valence-electron chi connectivity index (χ2n) is 8.03. The highest BCUT2D eigenvalue weighted by Crippen LogP contribution is 2.37. The third-order valence-electron chi connectivity index (χ3n) is 5.50. The van der Waals surface area contributed by atoms with Crippen LogP contribution in [0.3, 0.4) is 0 Å². The number of rotatable bonds is 6. The Morgan fingerprint density at radius 1 is 1.00 bits per heavy atom. The molecule has 0 fully saturated rings. The average Bonchev–Trinajstić information content (AvgIpc) is 2.81. The smallest absolute Gasteiger partial charge is 0.265 e. The van der Waals surface area contributed by atoms with Gasteiger partial charge in [-0.3, -0.25) is 18.7 Å². The molecule has 1 heterocycles. The number of sulfonamides is 1. The standard InChI is InChI=1S/C25H23N3O5S/c1-16-10-12-19(13-11-16)26-24(30)15-23-25(31)27-21-8-3-4-9-22(21)28(23)34(32,33)20-7-5-6-18(14-20)17(2)29/h3-14,23H,15H2,1-2H3,(H,26,30)(H,27,31)/t23-/m0/s1. The number of amides is 2. The Labute approximate surface area is 197 Å². The molecule has 1 aliphatic heterocycles. The Morgan fingerprint density at radius 2 is 1.71 bits per heavy atom. The first kappa shape index (κ1) is 23.2. The largest absolute Gasteiger partial charge is 0.326 e. The molecule has 3 aromatic carbocycles. The van der Waals surface area contributed by atoms with Crippen molar-refractivity contribution in [2.24, 2.45) is 0 Å². The Balaban J connectivity index is 1.73. The van der Waals surface area contributed by atoms with Crippen LogP contribution in [0.25, 0.3) is 0 Å². The number of nitrogens with one attached hydrogen (secondary N) is 2. The van der Waals surface area contributed by atoms with E-state index >= 15 is 0 Å². The van der Waals surface area contributed by atoms with Crippen molar-refractivity contribution in [1.82, 2.24) is 0 Å². The Hall–Kier alpha value is -3.98. The highest BCUT2D eigenvalue weighted by Gasteiger charge is 2.42. The zero-order valence-corrected chi connectivity index (χ0v) is 19.4. The number of para-hydroxylation sites is 2.